The molecule has 4 nitrogen and oxygen atoms in total. The van der Waals surface area contributed by atoms with Gasteiger partial charge in [0, 0.05) is 25.7 Å². The van der Waals surface area contributed by atoms with Crippen LogP contribution < -0.4 is 5.32 Å². The third kappa shape index (κ3) is 2.76. The molecule has 1 saturated heterocycles. The summed E-state index contributed by atoms with van der Waals surface area (Å²) < 4.78 is 0. The van der Waals surface area contributed by atoms with Crippen molar-refractivity contribution in [2.24, 2.45) is 5.92 Å². The molecule has 96 valence electrons. The summed E-state index contributed by atoms with van der Waals surface area (Å²) >= 11 is 11.6. The van der Waals surface area contributed by atoms with Crippen LogP contribution in [0.2, 0.25) is 10.0 Å². The van der Waals surface area contributed by atoms with E-state index in [0.717, 1.165) is 0 Å². The quantitative estimate of drug-likeness (QED) is 0.908. The highest BCUT2D eigenvalue weighted by molar-refractivity contribution is 6.42. The summed E-state index contributed by atoms with van der Waals surface area (Å²) in [5.74, 6) is -0.261. The number of amides is 2. The molecule has 1 N–H and O–H groups in total. The summed E-state index contributed by atoms with van der Waals surface area (Å²) in [5, 5.41) is 3.59. The van der Waals surface area contributed by atoms with Crippen LogP contribution in [0.25, 0.3) is 0 Å². The van der Waals surface area contributed by atoms with Gasteiger partial charge in [0.15, 0.2) is 0 Å². The number of carbonyl (C=O) groups excluding carboxylic acids is 2. The van der Waals surface area contributed by atoms with Gasteiger partial charge in [-0.25, -0.2) is 0 Å². The van der Waals surface area contributed by atoms with Gasteiger partial charge in [0.05, 0.1) is 16.0 Å². The Labute approximate surface area is 115 Å². The first kappa shape index (κ1) is 13.2. The summed E-state index contributed by atoms with van der Waals surface area (Å²) in [5.41, 5.74) is 0.607. The molecule has 2 amide bonds. The molecule has 1 fully saturated rings. The predicted molar refractivity (Wildman–Crippen MR) is 70.8 cm³/mol. The largest absolute Gasteiger partial charge is 0.341 e. The van der Waals surface area contributed by atoms with Crippen molar-refractivity contribution in [2.45, 2.75) is 6.92 Å². The van der Waals surface area contributed by atoms with Crippen LogP contribution in [0.4, 0.5) is 5.69 Å². The lowest BCUT2D eigenvalue weighted by Gasteiger charge is -2.37. The smallest absolute Gasteiger partial charge is 0.231 e. The van der Waals surface area contributed by atoms with E-state index in [2.05, 4.69) is 5.32 Å². The van der Waals surface area contributed by atoms with E-state index in [9.17, 15) is 9.59 Å². The second-order valence-corrected chi connectivity index (χ2v) is 5.05. The molecule has 0 spiro atoms. The topological polar surface area (TPSA) is 49.4 Å². The van der Waals surface area contributed by atoms with Gasteiger partial charge in [-0.15, -0.1) is 0 Å². The van der Waals surface area contributed by atoms with Crippen LogP contribution in [-0.4, -0.2) is 29.8 Å². The van der Waals surface area contributed by atoms with Crippen LogP contribution in [0.5, 0.6) is 0 Å². The molecule has 1 aliphatic heterocycles. The van der Waals surface area contributed by atoms with Crippen LogP contribution in [0, 0.1) is 5.92 Å². The third-order valence-electron chi connectivity index (χ3n) is 2.88. The molecule has 0 saturated carbocycles. The number of likely N-dealkylation sites (tertiary alicyclic amines) is 1. The number of carbonyl (C=O) groups is 2. The first-order valence-electron chi connectivity index (χ1n) is 5.49. The fourth-order valence-corrected chi connectivity index (χ4v) is 2.02. The average molecular weight is 287 g/mol. The van der Waals surface area contributed by atoms with Gasteiger partial charge >= 0.3 is 0 Å². The third-order valence-corrected chi connectivity index (χ3v) is 3.62. The molecule has 0 aliphatic carbocycles. The van der Waals surface area contributed by atoms with Gasteiger partial charge < -0.3 is 10.2 Å². The Morgan fingerprint density at radius 3 is 2.50 bits per heavy atom. The number of hydrogen-bond acceptors (Lipinski definition) is 2. The molecule has 0 unspecified atom stereocenters. The van der Waals surface area contributed by atoms with E-state index in [1.807, 2.05) is 0 Å². The van der Waals surface area contributed by atoms with Gasteiger partial charge in [-0.3, -0.25) is 9.59 Å². The molecule has 1 aromatic carbocycles. The highest BCUT2D eigenvalue weighted by Crippen LogP contribution is 2.26. The highest BCUT2D eigenvalue weighted by Gasteiger charge is 2.34. The van der Waals surface area contributed by atoms with Crippen LogP contribution in [-0.2, 0) is 9.59 Å². The van der Waals surface area contributed by atoms with Crippen molar-refractivity contribution in [3.05, 3.63) is 28.2 Å². The van der Waals surface area contributed by atoms with Crippen molar-refractivity contribution < 1.29 is 9.59 Å². The summed E-state index contributed by atoms with van der Waals surface area (Å²) in [6, 6.07) is 4.92. The number of halogens is 2. The van der Waals surface area contributed by atoms with Gasteiger partial charge in [0.25, 0.3) is 0 Å². The molecule has 1 aromatic rings. The van der Waals surface area contributed by atoms with E-state index in [1.165, 1.54) is 6.92 Å². The first-order chi connectivity index (χ1) is 8.47. The molecule has 0 bridgehead atoms. The SMILES string of the molecule is CC(=O)N1CC(C(=O)Nc2ccc(Cl)c(Cl)c2)C1. The van der Waals surface area contributed by atoms with Gasteiger partial charge in [-0.2, -0.15) is 0 Å². The second-order valence-electron chi connectivity index (χ2n) is 4.24. The molecule has 0 aromatic heterocycles. The van der Waals surface area contributed by atoms with Crippen LogP contribution >= 0.6 is 23.2 Å². The Morgan fingerprint density at radius 1 is 1.28 bits per heavy atom. The lowest BCUT2D eigenvalue weighted by Crippen LogP contribution is -2.53. The first-order valence-corrected chi connectivity index (χ1v) is 6.24. The number of hydrogen-bond donors (Lipinski definition) is 1. The molecule has 0 radical (unpaired) electrons. The summed E-state index contributed by atoms with van der Waals surface area (Å²) in [7, 11) is 0. The van der Waals surface area contributed by atoms with Crippen molar-refractivity contribution in [3.8, 4) is 0 Å². The maximum atomic E-state index is 11.8. The fourth-order valence-electron chi connectivity index (χ4n) is 1.72. The van der Waals surface area contributed by atoms with E-state index in [0.29, 0.717) is 28.8 Å². The Morgan fingerprint density at radius 2 is 1.94 bits per heavy atom. The lowest BCUT2D eigenvalue weighted by atomic mass is 9.99. The van der Waals surface area contributed by atoms with Gasteiger partial charge in [0.2, 0.25) is 11.8 Å². The van der Waals surface area contributed by atoms with Crippen LogP contribution in [0.3, 0.4) is 0 Å². The molecule has 1 heterocycles. The van der Waals surface area contributed by atoms with Crippen molar-refractivity contribution in [1.29, 1.82) is 0 Å². The van der Waals surface area contributed by atoms with Crippen molar-refractivity contribution >= 4 is 40.7 Å². The van der Waals surface area contributed by atoms with Gasteiger partial charge in [-0.05, 0) is 18.2 Å². The van der Waals surface area contributed by atoms with E-state index in [-0.39, 0.29) is 17.7 Å². The maximum Gasteiger partial charge on any atom is 0.231 e. The maximum absolute atomic E-state index is 11.8. The molecule has 0 atom stereocenters. The minimum absolute atomic E-state index is 0.00594. The zero-order chi connectivity index (χ0) is 13.3. The summed E-state index contributed by atoms with van der Waals surface area (Å²) in [6.07, 6.45) is 0. The lowest BCUT2D eigenvalue weighted by molar-refractivity contribution is -0.139. The minimum atomic E-state index is -0.150. The van der Waals surface area contributed by atoms with E-state index >= 15 is 0 Å². The molecule has 6 heteroatoms. The molecular weight excluding hydrogens is 275 g/mol. The number of benzene rings is 1. The fraction of sp³-hybridized carbons (Fsp3) is 0.333. The van der Waals surface area contributed by atoms with Crippen molar-refractivity contribution in [2.75, 3.05) is 18.4 Å². The molecule has 1 aliphatic rings. The number of anilines is 1. The normalized spacial score (nSPS) is 15.2. The van der Waals surface area contributed by atoms with Crippen molar-refractivity contribution in [1.82, 2.24) is 4.90 Å². The summed E-state index contributed by atoms with van der Waals surface area (Å²) in [6.45, 7) is 2.44. The standard InChI is InChI=1S/C12H12Cl2N2O2/c1-7(17)16-5-8(6-16)12(18)15-9-2-3-10(13)11(14)4-9/h2-4,8H,5-6H2,1H3,(H,15,18). The Balaban J connectivity index is 1.92. The summed E-state index contributed by atoms with van der Waals surface area (Å²) in [4.78, 5) is 24.5. The van der Waals surface area contributed by atoms with E-state index < -0.39 is 0 Å². The molecule has 18 heavy (non-hydrogen) atoms. The zero-order valence-corrected chi connectivity index (χ0v) is 11.3. The Bertz CT molecular complexity index is 499. The predicted octanol–water partition coefficient (Wildman–Crippen LogP) is 2.41. The zero-order valence-electron chi connectivity index (χ0n) is 9.74. The number of nitrogens with zero attached hydrogens (tertiary/aromatic N) is 1. The minimum Gasteiger partial charge on any atom is -0.341 e. The van der Waals surface area contributed by atoms with E-state index in [4.69, 9.17) is 23.2 Å². The number of nitrogens with one attached hydrogen (secondary N) is 1. The van der Waals surface area contributed by atoms with Gasteiger partial charge in [-0.1, -0.05) is 23.2 Å². The average Bonchev–Trinajstić information content (AvgIpc) is 2.20. The highest BCUT2D eigenvalue weighted by atomic mass is 35.5. The Hall–Kier alpha value is -1.26. The van der Waals surface area contributed by atoms with Crippen molar-refractivity contribution in [3.63, 3.8) is 0 Å². The second kappa shape index (κ2) is 5.16. The van der Waals surface area contributed by atoms with E-state index in [1.54, 1.807) is 23.1 Å². The molecular formula is C12H12Cl2N2O2. The molecule has 2 rings (SSSR count). The monoisotopic (exact) mass is 286 g/mol. The number of rotatable bonds is 2. The van der Waals surface area contributed by atoms with Crippen LogP contribution in [0.1, 0.15) is 6.92 Å². The Kier molecular flexibility index (Phi) is 3.78. The van der Waals surface area contributed by atoms with Crippen LogP contribution in [0.15, 0.2) is 18.2 Å². The van der Waals surface area contributed by atoms with Gasteiger partial charge in [0.1, 0.15) is 0 Å².